The van der Waals surface area contributed by atoms with Crippen LogP contribution in [0.2, 0.25) is 0 Å². The molecule has 2 amide bonds. The van der Waals surface area contributed by atoms with E-state index in [0.717, 1.165) is 0 Å². The van der Waals surface area contributed by atoms with Crippen LogP contribution in [0.5, 0.6) is 11.5 Å². The van der Waals surface area contributed by atoms with Gasteiger partial charge in [0.1, 0.15) is 19.3 Å². The van der Waals surface area contributed by atoms with Gasteiger partial charge in [-0.05, 0) is 18.2 Å². The van der Waals surface area contributed by atoms with E-state index in [1.807, 2.05) is 0 Å². The normalized spacial score (nSPS) is 14.6. The Morgan fingerprint density at radius 3 is 2.68 bits per heavy atom. The van der Waals surface area contributed by atoms with Crippen molar-refractivity contribution in [3.63, 3.8) is 0 Å². The summed E-state index contributed by atoms with van der Waals surface area (Å²) in [5.74, 6) is -0.242. The standard InChI is InChI=1S/C12H14N2O5/c13-11(16)8(15)6-14-12(17)7-1-2-9-10(5-7)19-4-3-18-9/h1-2,5,8,15H,3-4,6H2,(H2,13,16)(H,14,17). The third-order valence-corrected chi connectivity index (χ3v) is 2.59. The van der Waals surface area contributed by atoms with Gasteiger partial charge in [-0.3, -0.25) is 9.59 Å². The molecule has 0 aliphatic carbocycles. The number of aliphatic hydroxyl groups is 1. The molecule has 7 nitrogen and oxygen atoms in total. The maximum absolute atomic E-state index is 11.8. The second-order valence-electron chi connectivity index (χ2n) is 3.99. The Kier molecular flexibility index (Phi) is 3.86. The van der Waals surface area contributed by atoms with Crippen molar-refractivity contribution in [1.29, 1.82) is 0 Å². The van der Waals surface area contributed by atoms with Gasteiger partial charge in [-0.15, -0.1) is 0 Å². The molecule has 0 radical (unpaired) electrons. The fourth-order valence-electron chi connectivity index (χ4n) is 1.58. The number of aliphatic hydroxyl groups excluding tert-OH is 1. The third kappa shape index (κ3) is 3.14. The van der Waals surface area contributed by atoms with Gasteiger partial charge in [-0.2, -0.15) is 0 Å². The molecule has 1 aliphatic heterocycles. The fraction of sp³-hybridized carbons (Fsp3) is 0.333. The first-order chi connectivity index (χ1) is 9.08. The molecule has 0 saturated carbocycles. The van der Waals surface area contributed by atoms with E-state index in [1.165, 1.54) is 0 Å². The van der Waals surface area contributed by atoms with E-state index in [-0.39, 0.29) is 6.54 Å². The van der Waals surface area contributed by atoms with Crippen LogP contribution in [0.1, 0.15) is 10.4 Å². The number of nitrogens with one attached hydrogen (secondary N) is 1. The molecule has 1 aromatic carbocycles. The van der Waals surface area contributed by atoms with Gasteiger partial charge in [-0.1, -0.05) is 0 Å². The molecule has 19 heavy (non-hydrogen) atoms. The van der Waals surface area contributed by atoms with Crippen LogP contribution in [0.4, 0.5) is 0 Å². The second kappa shape index (κ2) is 5.57. The van der Waals surface area contributed by atoms with E-state index in [1.54, 1.807) is 18.2 Å². The molecule has 0 fully saturated rings. The highest BCUT2D eigenvalue weighted by Crippen LogP contribution is 2.30. The van der Waals surface area contributed by atoms with Crippen LogP contribution in [-0.4, -0.2) is 42.8 Å². The van der Waals surface area contributed by atoms with Crippen LogP contribution in [0.3, 0.4) is 0 Å². The minimum absolute atomic E-state index is 0.234. The summed E-state index contributed by atoms with van der Waals surface area (Å²) in [6, 6.07) is 4.74. The molecule has 102 valence electrons. The summed E-state index contributed by atoms with van der Waals surface area (Å²) in [5, 5.41) is 11.6. The molecule has 2 rings (SSSR count). The lowest BCUT2D eigenvalue weighted by Crippen LogP contribution is -2.40. The van der Waals surface area contributed by atoms with Gasteiger partial charge in [0.15, 0.2) is 11.5 Å². The Hall–Kier alpha value is -2.28. The molecule has 0 saturated heterocycles. The van der Waals surface area contributed by atoms with Crippen molar-refractivity contribution < 1.29 is 24.2 Å². The summed E-state index contributed by atoms with van der Waals surface area (Å²) < 4.78 is 10.7. The zero-order chi connectivity index (χ0) is 13.8. The Labute approximate surface area is 109 Å². The summed E-state index contributed by atoms with van der Waals surface area (Å²) in [5.41, 5.74) is 5.22. The maximum Gasteiger partial charge on any atom is 0.251 e. The van der Waals surface area contributed by atoms with E-state index < -0.39 is 17.9 Å². The van der Waals surface area contributed by atoms with Crippen LogP contribution in [-0.2, 0) is 4.79 Å². The lowest BCUT2D eigenvalue weighted by Gasteiger charge is -2.18. The van der Waals surface area contributed by atoms with Gasteiger partial charge in [-0.25, -0.2) is 0 Å². The summed E-state index contributed by atoms with van der Waals surface area (Å²) in [6.45, 7) is 0.671. The van der Waals surface area contributed by atoms with Crippen molar-refractivity contribution in [3.8, 4) is 11.5 Å². The Morgan fingerprint density at radius 2 is 2.00 bits per heavy atom. The first kappa shape index (κ1) is 13.2. The van der Waals surface area contributed by atoms with Crippen molar-refractivity contribution in [3.05, 3.63) is 23.8 Å². The molecule has 0 spiro atoms. The summed E-state index contributed by atoms with van der Waals surface area (Å²) >= 11 is 0. The summed E-state index contributed by atoms with van der Waals surface area (Å²) in [7, 11) is 0. The number of carbonyl (C=O) groups is 2. The number of rotatable bonds is 4. The fourth-order valence-corrected chi connectivity index (χ4v) is 1.58. The largest absolute Gasteiger partial charge is 0.486 e. The van der Waals surface area contributed by atoms with Crippen LogP contribution < -0.4 is 20.5 Å². The number of carbonyl (C=O) groups excluding carboxylic acids is 2. The van der Waals surface area contributed by atoms with Crippen LogP contribution >= 0.6 is 0 Å². The predicted octanol–water partition coefficient (Wildman–Crippen LogP) is -0.966. The third-order valence-electron chi connectivity index (χ3n) is 2.59. The number of primary amides is 1. The van der Waals surface area contributed by atoms with E-state index in [4.69, 9.17) is 15.2 Å². The molecule has 1 atom stereocenters. The number of hydrogen-bond donors (Lipinski definition) is 3. The average molecular weight is 266 g/mol. The lowest BCUT2D eigenvalue weighted by atomic mass is 10.1. The van der Waals surface area contributed by atoms with Crippen molar-refractivity contribution >= 4 is 11.8 Å². The van der Waals surface area contributed by atoms with Crippen molar-refractivity contribution in [2.75, 3.05) is 19.8 Å². The monoisotopic (exact) mass is 266 g/mol. The van der Waals surface area contributed by atoms with Crippen LogP contribution in [0.15, 0.2) is 18.2 Å². The van der Waals surface area contributed by atoms with Gasteiger partial charge < -0.3 is 25.6 Å². The molecule has 1 unspecified atom stereocenters. The highest BCUT2D eigenvalue weighted by atomic mass is 16.6. The van der Waals surface area contributed by atoms with Gasteiger partial charge in [0.2, 0.25) is 5.91 Å². The summed E-state index contributed by atoms with van der Waals surface area (Å²) in [4.78, 5) is 22.4. The average Bonchev–Trinajstić information content (AvgIpc) is 2.43. The molecular weight excluding hydrogens is 252 g/mol. The van der Waals surface area contributed by atoms with Crippen molar-refractivity contribution in [2.45, 2.75) is 6.10 Å². The zero-order valence-corrected chi connectivity index (χ0v) is 10.1. The molecule has 0 aromatic heterocycles. The number of amides is 2. The first-order valence-corrected chi connectivity index (χ1v) is 5.73. The van der Waals surface area contributed by atoms with Crippen LogP contribution in [0.25, 0.3) is 0 Å². The Morgan fingerprint density at radius 1 is 1.32 bits per heavy atom. The van der Waals surface area contributed by atoms with Crippen molar-refractivity contribution in [1.82, 2.24) is 5.32 Å². The molecule has 1 heterocycles. The Bertz CT molecular complexity index is 503. The molecule has 0 bridgehead atoms. The van der Waals surface area contributed by atoms with E-state index in [2.05, 4.69) is 5.32 Å². The minimum atomic E-state index is -1.40. The number of ether oxygens (including phenoxy) is 2. The zero-order valence-electron chi connectivity index (χ0n) is 10.1. The van der Waals surface area contributed by atoms with Gasteiger partial charge in [0, 0.05) is 5.56 Å². The topological polar surface area (TPSA) is 111 Å². The number of nitrogens with two attached hydrogens (primary N) is 1. The molecular formula is C12H14N2O5. The predicted molar refractivity (Wildman–Crippen MR) is 65.0 cm³/mol. The van der Waals surface area contributed by atoms with Gasteiger partial charge in [0.05, 0.1) is 6.54 Å². The van der Waals surface area contributed by atoms with E-state index >= 15 is 0 Å². The molecule has 7 heteroatoms. The number of hydrogen-bond acceptors (Lipinski definition) is 5. The molecule has 1 aromatic rings. The smallest absolute Gasteiger partial charge is 0.251 e. The number of benzene rings is 1. The highest BCUT2D eigenvalue weighted by Gasteiger charge is 2.16. The van der Waals surface area contributed by atoms with E-state index in [0.29, 0.717) is 30.3 Å². The van der Waals surface area contributed by atoms with E-state index in [9.17, 15) is 14.7 Å². The Balaban J connectivity index is 2.01. The first-order valence-electron chi connectivity index (χ1n) is 5.73. The maximum atomic E-state index is 11.8. The van der Waals surface area contributed by atoms with Crippen LogP contribution in [0, 0.1) is 0 Å². The quantitative estimate of drug-likeness (QED) is 0.649. The number of fused-ring (bicyclic) bond motifs is 1. The minimum Gasteiger partial charge on any atom is -0.486 e. The molecule has 4 N–H and O–H groups in total. The van der Waals surface area contributed by atoms with Crippen molar-refractivity contribution in [2.24, 2.45) is 5.73 Å². The lowest BCUT2D eigenvalue weighted by molar-refractivity contribution is -0.125. The van der Waals surface area contributed by atoms with Gasteiger partial charge >= 0.3 is 0 Å². The highest BCUT2D eigenvalue weighted by molar-refractivity contribution is 5.95. The molecule has 1 aliphatic rings. The SMILES string of the molecule is NC(=O)C(O)CNC(=O)c1ccc2c(c1)OCCO2. The van der Waals surface area contributed by atoms with Gasteiger partial charge in [0.25, 0.3) is 5.91 Å². The second-order valence-corrected chi connectivity index (χ2v) is 3.99. The summed E-state index contributed by atoms with van der Waals surface area (Å²) in [6.07, 6.45) is -1.40.